The molecular formula is C12H14N2O5S. The number of carbonyl (C=O) groups excluding carboxylic acids is 1. The second-order valence-electron chi connectivity index (χ2n) is 3.92. The molecule has 20 heavy (non-hydrogen) atoms. The van der Waals surface area contributed by atoms with Crippen LogP contribution in [0.1, 0.15) is 18.4 Å². The molecule has 1 rings (SSSR count). The second kappa shape index (κ2) is 8.05. The van der Waals surface area contributed by atoms with Crippen LogP contribution in [0.2, 0.25) is 0 Å². The number of thiocarbonyl (C=S) groups is 1. The van der Waals surface area contributed by atoms with Gasteiger partial charge < -0.3 is 15.2 Å². The number of alkyl carbamates (subject to hydrolysis) is 1. The van der Waals surface area contributed by atoms with Crippen molar-refractivity contribution in [2.45, 2.75) is 19.4 Å². The molecule has 2 N–H and O–H groups in total. The molecule has 0 aliphatic carbocycles. The Morgan fingerprint density at radius 2 is 2.05 bits per heavy atom. The first kappa shape index (κ1) is 15.8. The molecule has 8 heteroatoms. The molecule has 0 atom stereocenters. The summed E-state index contributed by atoms with van der Waals surface area (Å²) >= 11 is 4.48. The van der Waals surface area contributed by atoms with E-state index in [0.717, 1.165) is 0 Å². The quantitative estimate of drug-likeness (QED) is 0.347. The first-order chi connectivity index (χ1) is 9.49. The molecule has 0 saturated carbocycles. The molecule has 0 spiro atoms. The van der Waals surface area contributed by atoms with Gasteiger partial charge in [-0.05, 0) is 36.3 Å². The molecule has 0 bridgehead atoms. The number of non-ortho nitro benzene ring substituents is 1. The van der Waals surface area contributed by atoms with Crippen molar-refractivity contribution in [3.05, 3.63) is 39.9 Å². The van der Waals surface area contributed by atoms with E-state index in [1.165, 1.54) is 24.3 Å². The second-order valence-corrected chi connectivity index (χ2v) is 4.40. The van der Waals surface area contributed by atoms with Crippen molar-refractivity contribution in [3.8, 4) is 0 Å². The fourth-order valence-electron chi connectivity index (χ4n) is 1.34. The average Bonchev–Trinajstić information content (AvgIpc) is 2.41. The molecule has 1 aromatic carbocycles. The molecule has 0 heterocycles. The number of benzene rings is 1. The molecule has 0 radical (unpaired) electrons. The first-order valence-corrected chi connectivity index (χ1v) is 6.25. The number of hydrogen-bond acceptors (Lipinski definition) is 5. The predicted molar refractivity (Wildman–Crippen MR) is 75.7 cm³/mol. The van der Waals surface area contributed by atoms with Crippen LogP contribution in [0.4, 0.5) is 10.5 Å². The van der Waals surface area contributed by atoms with Gasteiger partial charge in [0.15, 0.2) is 5.05 Å². The summed E-state index contributed by atoms with van der Waals surface area (Å²) in [5.74, 6) is 0. The number of hydrogen-bond donors (Lipinski definition) is 2. The number of aliphatic hydroxyl groups is 1. The monoisotopic (exact) mass is 298 g/mol. The molecule has 0 saturated heterocycles. The van der Waals surface area contributed by atoms with E-state index in [2.05, 4.69) is 17.5 Å². The fraction of sp³-hybridized carbons (Fsp3) is 0.333. The Labute approximate surface area is 120 Å². The van der Waals surface area contributed by atoms with Crippen LogP contribution in [0.15, 0.2) is 24.3 Å². The number of nitrogens with one attached hydrogen (secondary N) is 1. The lowest BCUT2D eigenvalue weighted by Crippen LogP contribution is -2.25. The van der Waals surface area contributed by atoms with Crippen molar-refractivity contribution in [1.29, 1.82) is 0 Å². The summed E-state index contributed by atoms with van der Waals surface area (Å²) in [6.07, 6.45) is 0.284. The number of nitro benzene ring substituents is 1. The Morgan fingerprint density at radius 3 is 2.60 bits per heavy atom. The maximum absolute atomic E-state index is 11.3. The van der Waals surface area contributed by atoms with Crippen LogP contribution in [0.3, 0.4) is 0 Å². The number of carbonyl (C=O) groups is 1. The molecule has 0 aliphatic rings. The Bertz CT molecular complexity index is 489. The number of nitrogens with zero attached hydrogens (tertiary/aromatic N) is 1. The van der Waals surface area contributed by atoms with E-state index >= 15 is 0 Å². The van der Waals surface area contributed by atoms with Gasteiger partial charge in [-0.15, -0.1) is 0 Å². The SMILES string of the molecule is O=C(NCCCC(O)=S)OCc1ccc([N+](=O)[O-])cc1. The van der Waals surface area contributed by atoms with Crippen molar-refractivity contribution >= 4 is 29.0 Å². The van der Waals surface area contributed by atoms with Crippen molar-refractivity contribution in [2.75, 3.05) is 6.54 Å². The minimum absolute atomic E-state index is 0.0156. The van der Waals surface area contributed by atoms with E-state index in [1.54, 1.807) is 0 Å². The highest BCUT2D eigenvalue weighted by atomic mass is 32.1. The number of amides is 1. The summed E-state index contributed by atoms with van der Waals surface area (Å²) < 4.78 is 4.92. The van der Waals surface area contributed by atoms with Crippen LogP contribution < -0.4 is 5.32 Å². The summed E-state index contributed by atoms with van der Waals surface area (Å²) in [6, 6.07) is 5.74. The summed E-state index contributed by atoms with van der Waals surface area (Å²) in [4.78, 5) is 21.3. The first-order valence-electron chi connectivity index (χ1n) is 5.85. The summed E-state index contributed by atoms with van der Waals surface area (Å²) in [7, 11) is 0. The van der Waals surface area contributed by atoms with Gasteiger partial charge in [-0.2, -0.15) is 0 Å². The lowest BCUT2D eigenvalue weighted by atomic mass is 10.2. The van der Waals surface area contributed by atoms with Gasteiger partial charge in [0.2, 0.25) is 0 Å². The largest absolute Gasteiger partial charge is 0.502 e. The Hall–Kier alpha value is -2.22. The highest BCUT2D eigenvalue weighted by molar-refractivity contribution is 7.80. The van der Waals surface area contributed by atoms with Crippen molar-refractivity contribution in [2.24, 2.45) is 0 Å². The van der Waals surface area contributed by atoms with E-state index < -0.39 is 11.0 Å². The third-order valence-corrected chi connectivity index (χ3v) is 2.56. The Balaban J connectivity index is 2.26. The molecule has 0 fully saturated rings. The van der Waals surface area contributed by atoms with E-state index in [1.807, 2.05) is 0 Å². The highest BCUT2D eigenvalue weighted by Crippen LogP contribution is 2.12. The van der Waals surface area contributed by atoms with Crippen LogP contribution in [-0.4, -0.2) is 27.7 Å². The van der Waals surface area contributed by atoms with Crippen LogP contribution in [0.5, 0.6) is 0 Å². The van der Waals surface area contributed by atoms with Gasteiger partial charge in [-0.1, -0.05) is 0 Å². The van der Waals surface area contributed by atoms with Crippen molar-refractivity contribution < 1.29 is 19.6 Å². The van der Waals surface area contributed by atoms with E-state index in [4.69, 9.17) is 9.84 Å². The maximum atomic E-state index is 11.3. The standard InChI is InChI=1S/C12H14N2O5S/c15-11(20)2-1-7-13-12(16)19-8-9-3-5-10(6-4-9)14(17)18/h3-6H,1-2,7-8H2,(H,13,16)(H,15,20). The minimum Gasteiger partial charge on any atom is -0.502 e. The zero-order chi connectivity index (χ0) is 15.0. The van der Waals surface area contributed by atoms with E-state index in [0.29, 0.717) is 24.9 Å². The Morgan fingerprint density at radius 1 is 1.40 bits per heavy atom. The zero-order valence-electron chi connectivity index (χ0n) is 10.6. The van der Waals surface area contributed by atoms with Gasteiger partial charge in [-0.3, -0.25) is 10.1 Å². The lowest BCUT2D eigenvalue weighted by molar-refractivity contribution is -0.384. The van der Waals surface area contributed by atoms with E-state index in [9.17, 15) is 14.9 Å². The fourth-order valence-corrected chi connectivity index (χ4v) is 1.49. The minimum atomic E-state index is -0.591. The van der Waals surface area contributed by atoms with Gasteiger partial charge >= 0.3 is 6.09 Å². The van der Waals surface area contributed by atoms with Crippen LogP contribution in [-0.2, 0) is 11.3 Å². The molecule has 108 valence electrons. The third-order valence-electron chi connectivity index (χ3n) is 2.35. The summed E-state index contributed by atoms with van der Waals surface area (Å²) in [6.45, 7) is 0.377. The number of nitro groups is 1. The predicted octanol–water partition coefficient (Wildman–Crippen LogP) is 2.49. The average molecular weight is 298 g/mol. The van der Waals surface area contributed by atoms with Crippen molar-refractivity contribution in [1.82, 2.24) is 5.32 Å². The molecule has 0 unspecified atom stereocenters. The lowest BCUT2D eigenvalue weighted by Gasteiger charge is -2.06. The number of aliphatic hydroxyl groups excluding tert-OH is 1. The van der Waals surface area contributed by atoms with Crippen LogP contribution in [0, 0.1) is 10.1 Å². The maximum Gasteiger partial charge on any atom is 0.407 e. The van der Waals surface area contributed by atoms with Crippen LogP contribution in [0.25, 0.3) is 0 Å². The number of ether oxygens (including phenoxy) is 1. The van der Waals surface area contributed by atoms with Gasteiger partial charge in [-0.25, -0.2) is 4.79 Å². The topological polar surface area (TPSA) is 102 Å². The molecule has 7 nitrogen and oxygen atoms in total. The summed E-state index contributed by atoms with van der Waals surface area (Å²) in [5, 5.41) is 21.6. The smallest absolute Gasteiger partial charge is 0.407 e. The van der Waals surface area contributed by atoms with Gasteiger partial charge in [0, 0.05) is 25.1 Å². The molecule has 0 aromatic heterocycles. The van der Waals surface area contributed by atoms with Crippen LogP contribution >= 0.6 is 12.2 Å². The highest BCUT2D eigenvalue weighted by Gasteiger charge is 2.06. The molecular weight excluding hydrogens is 284 g/mol. The Kier molecular flexibility index (Phi) is 6.38. The normalized spacial score (nSPS) is 9.80. The molecule has 0 aliphatic heterocycles. The number of rotatable bonds is 7. The molecule has 1 amide bonds. The van der Waals surface area contributed by atoms with Crippen molar-refractivity contribution in [3.63, 3.8) is 0 Å². The van der Waals surface area contributed by atoms with Gasteiger partial charge in [0.1, 0.15) is 6.61 Å². The summed E-state index contributed by atoms with van der Waals surface area (Å²) in [5.41, 5.74) is 0.639. The molecule has 1 aromatic rings. The third kappa shape index (κ3) is 6.10. The zero-order valence-corrected chi connectivity index (χ0v) is 11.4. The van der Waals surface area contributed by atoms with Gasteiger partial charge in [0.25, 0.3) is 5.69 Å². The van der Waals surface area contributed by atoms with E-state index in [-0.39, 0.29) is 17.3 Å². The van der Waals surface area contributed by atoms with Gasteiger partial charge in [0.05, 0.1) is 4.92 Å².